The van der Waals surface area contributed by atoms with Gasteiger partial charge in [-0.1, -0.05) is 0 Å². The molecule has 0 aromatic heterocycles. The SMILES string of the molecule is CC1(C)COCCN1CC1(C=O)CCOC1. The standard InChI is InChI=1S/C12H21NO3/c1-11(2)9-16-6-4-13(11)7-12(8-14)3-5-15-10-12/h8H,3-7,9-10H2,1-2H3. The van der Waals surface area contributed by atoms with Crippen molar-refractivity contribution in [2.24, 2.45) is 5.41 Å². The Bertz CT molecular complexity index is 259. The molecule has 1 atom stereocenters. The Morgan fingerprint density at radius 1 is 1.25 bits per heavy atom. The van der Waals surface area contributed by atoms with Crippen LogP contribution in [0.15, 0.2) is 0 Å². The average Bonchev–Trinajstić information content (AvgIpc) is 2.71. The van der Waals surface area contributed by atoms with Crippen LogP contribution in [0.25, 0.3) is 0 Å². The molecule has 0 saturated carbocycles. The van der Waals surface area contributed by atoms with E-state index in [0.717, 1.165) is 39.0 Å². The molecule has 0 radical (unpaired) electrons. The van der Waals surface area contributed by atoms with Gasteiger partial charge in [-0.3, -0.25) is 4.90 Å². The number of nitrogens with zero attached hydrogens (tertiary/aromatic N) is 1. The predicted octanol–water partition coefficient (Wildman–Crippen LogP) is 0.703. The van der Waals surface area contributed by atoms with E-state index >= 15 is 0 Å². The van der Waals surface area contributed by atoms with Crippen LogP contribution in [0.3, 0.4) is 0 Å². The molecule has 2 heterocycles. The first-order chi connectivity index (χ1) is 7.58. The summed E-state index contributed by atoms with van der Waals surface area (Å²) in [4.78, 5) is 13.6. The molecule has 2 fully saturated rings. The minimum atomic E-state index is -0.283. The van der Waals surface area contributed by atoms with Gasteiger partial charge in [0, 0.05) is 25.2 Å². The number of hydrogen-bond acceptors (Lipinski definition) is 4. The molecule has 92 valence electrons. The Hall–Kier alpha value is -0.450. The minimum Gasteiger partial charge on any atom is -0.380 e. The molecule has 0 bridgehead atoms. The van der Waals surface area contributed by atoms with Crippen molar-refractivity contribution in [3.05, 3.63) is 0 Å². The quantitative estimate of drug-likeness (QED) is 0.665. The van der Waals surface area contributed by atoms with Crippen LogP contribution in [0.5, 0.6) is 0 Å². The third-order valence-corrected chi connectivity index (χ3v) is 3.71. The van der Waals surface area contributed by atoms with Gasteiger partial charge in [0.25, 0.3) is 0 Å². The fourth-order valence-electron chi connectivity index (χ4n) is 2.44. The molecule has 0 spiro atoms. The van der Waals surface area contributed by atoms with Crippen LogP contribution >= 0.6 is 0 Å². The van der Waals surface area contributed by atoms with E-state index in [1.165, 1.54) is 0 Å². The summed E-state index contributed by atoms with van der Waals surface area (Å²) in [5.74, 6) is 0. The molecular formula is C12H21NO3. The van der Waals surface area contributed by atoms with Crippen LogP contribution in [-0.2, 0) is 14.3 Å². The molecular weight excluding hydrogens is 206 g/mol. The lowest BCUT2D eigenvalue weighted by molar-refractivity contribution is -0.121. The van der Waals surface area contributed by atoms with Gasteiger partial charge >= 0.3 is 0 Å². The number of ether oxygens (including phenoxy) is 2. The summed E-state index contributed by atoms with van der Waals surface area (Å²) in [7, 11) is 0. The van der Waals surface area contributed by atoms with Crippen LogP contribution in [0, 0.1) is 5.41 Å². The first-order valence-electron chi connectivity index (χ1n) is 5.95. The molecule has 16 heavy (non-hydrogen) atoms. The Morgan fingerprint density at radius 3 is 2.56 bits per heavy atom. The molecule has 0 aliphatic carbocycles. The first-order valence-corrected chi connectivity index (χ1v) is 5.95. The maximum atomic E-state index is 11.3. The third kappa shape index (κ3) is 2.29. The fourth-order valence-corrected chi connectivity index (χ4v) is 2.44. The highest BCUT2D eigenvalue weighted by Crippen LogP contribution is 2.31. The van der Waals surface area contributed by atoms with Gasteiger partial charge in [-0.2, -0.15) is 0 Å². The summed E-state index contributed by atoms with van der Waals surface area (Å²) in [6, 6.07) is 0. The summed E-state index contributed by atoms with van der Waals surface area (Å²) >= 11 is 0. The molecule has 0 aromatic carbocycles. The fraction of sp³-hybridized carbons (Fsp3) is 0.917. The number of aldehydes is 1. The Balaban J connectivity index is 2.04. The van der Waals surface area contributed by atoms with Gasteiger partial charge in [0.15, 0.2) is 0 Å². The second-order valence-electron chi connectivity index (χ2n) is 5.57. The molecule has 0 N–H and O–H groups in total. The van der Waals surface area contributed by atoms with E-state index in [0.29, 0.717) is 13.2 Å². The van der Waals surface area contributed by atoms with Crippen molar-refractivity contribution in [2.75, 3.05) is 39.5 Å². The first kappa shape index (κ1) is 12.0. The molecule has 4 nitrogen and oxygen atoms in total. The summed E-state index contributed by atoms with van der Waals surface area (Å²) in [5, 5.41) is 0. The van der Waals surface area contributed by atoms with Crippen LogP contribution in [0.2, 0.25) is 0 Å². The summed E-state index contributed by atoms with van der Waals surface area (Å²) in [6.45, 7) is 8.83. The van der Waals surface area contributed by atoms with E-state index < -0.39 is 0 Å². The zero-order valence-electron chi connectivity index (χ0n) is 10.2. The third-order valence-electron chi connectivity index (χ3n) is 3.71. The molecule has 2 rings (SSSR count). The minimum absolute atomic E-state index is 0.0247. The molecule has 0 aromatic rings. The van der Waals surface area contributed by atoms with E-state index in [1.807, 2.05) is 0 Å². The molecule has 0 amide bonds. The van der Waals surface area contributed by atoms with Gasteiger partial charge in [-0.15, -0.1) is 0 Å². The van der Waals surface area contributed by atoms with E-state index in [2.05, 4.69) is 18.7 Å². The van der Waals surface area contributed by atoms with Crippen molar-refractivity contribution >= 4 is 6.29 Å². The van der Waals surface area contributed by atoms with Crippen LogP contribution in [0.1, 0.15) is 20.3 Å². The molecule has 4 heteroatoms. The topological polar surface area (TPSA) is 38.8 Å². The number of rotatable bonds is 3. The summed E-state index contributed by atoms with van der Waals surface area (Å²) in [5.41, 5.74) is -0.258. The van der Waals surface area contributed by atoms with Crippen LogP contribution in [-0.4, -0.2) is 56.2 Å². The lowest BCUT2D eigenvalue weighted by Gasteiger charge is -2.44. The highest BCUT2D eigenvalue weighted by molar-refractivity contribution is 5.60. The second kappa shape index (κ2) is 4.43. The predicted molar refractivity (Wildman–Crippen MR) is 60.4 cm³/mol. The monoisotopic (exact) mass is 227 g/mol. The molecule has 1 unspecified atom stereocenters. The second-order valence-corrected chi connectivity index (χ2v) is 5.57. The highest BCUT2D eigenvalue weighted by Gasteiger charge is 2.41. The van der Waals surface area contributed by atoms with E-state index in [4.69, 9.17) is 9.47 Å². The molecule has 2 saturated heterocycles. The zero-order valence-corrected chi connectivity index (χ0v) is 10.2. The van der Waals surface area contributed by atoms with Crippen molar-refractivity contribution in [1.82, 2.24) is 4.90 Å². The Kier molecular flexibility index (Phi) is 3.33. The van der Waals surface area contributed by atoms with Gasteiger partial charge in [0.05, 0.1) is 25.2 Å². The number of hydrogen-bond donors (Lipinski definition) is 0. The van der Waals surface area contributed by atoms with Crippen molar-refractivity contribution in [3.63, 3.8) is 0 Å². The van der Waals surface area contributed by atoms with Crippen LogP contribution < -0.4 is 0 Å². The van der Waals surface area contributed by atoms with E-state index in [9.17, 15) is 4.79 Å². The van der Waals surface area contributed by atoms with E-state index in [-0.39, 0.29) is 11.0 Å². The smallest absolute Gasteiger partial charge is 0.129 e. The maximum absolute atomic E-state index is 11.3. The van der Waals surface area contributed by atoms with Gasteiger partial charge in [-0.25, -0.2) is 0 Å². The van der Waals surface area contributed by atoms with Crippen LogP contribution in [0.4, 0.5) is 0 Å². The van der Waals surface area contributed by atoms with Crippen molar-refractivity contribution in [1.29, 1.82) is 0 Å². The largest absolute Gasteiger partial charge is 0.380 e. The summed E-state index contributed by atoms with van der Waals surface area (Å²) in [6.07, 6.45) is 1.94. The van der Waals surface area contributed by atoms with Crippen molar-refractivity contribution in [3.8, 4) is 0 Å². The van der Waals surface area contributed by atoms with Gasteiger partial charge in [0.1, 0.15) is 6.29 Å². The Labute approximate surface area is 96.9 Å². The number of carbonyl (C=O) groups is 1. The lowest BCUT2D eigenvalue weighted by atomic mass is 9.86. The highest BCUT2D eigenvalue weighted by atomic mass is 16.5. The molecule has 2 aliphatic rings. The molecule has 2 aliphatic heterocycles. The zero-order chi connectivity index (χ0) is 11.6. The van der Waals surface area contributed by atoms with Gasteiger partial charge in [0.2, 0.25) is 0 Å². The van der Waals surface area contributed by atoms with E-state index in [1.54, 1.807) is 0 Å². The number of morpholine rings is 1. The Morgan fingerprint density at radius 2 is 2.00 bits per heavy atom. The normalized spacial score (nSPS) is 35.1. The van der Waals surface area contributed by atoms with Gasteiger partial charge in [-0.05, 0) is 20.3 Å². The number of carbonyl (C=O) groups excluding carboxylic acids is 1. The van der Waals surface area contributed by atoms with Gasteiger partial charge < -0.3 is 14.3 Å². The average molecular weight is 227 g/mol. The lowest BCUT2D eigenvalue weighted by Crippen LogP contribution is -2.56. The summed E-state index contributed by atoms with van der Waals surface area (Å²) < 4.78 is 10.9. The van der Waals surface area contributed by atoms with Crippen molar-refractivity contribution < 1.29 is 14.3 Å². The van der Waals surface area contributed by atoms with Crippen molar-refractivity contribution in [2.45, 2.75) is 25.8 Å². The maximum Gasteiger partial charge on any atom is 0.129 e.